The van der Waals surface area contributed by atoms with Gasteiger partial charge in [0.15, 0.2) is 0 Å². The summed E-state index contributed by atoms with van der Waals surface area (Å²) < 4.78 is 42.9. The second-order valence-electron chi connectivity index (χ2n) is 7.20. The Morgan fingerprint density at radius 3 is 2.40 bits per heavy atom. The van der Waals surface area contributed by atoms with E-state index in [0.717, 1.165) is 27.5 Å². The van der Waals surface area contributed by atoms with E-state index in [0.29, 0.717) is 26.1 Å². The number of amides is 1. The maximum atomic E-state index is 13.1. The van der Waals surface area contributed by atoms with Crippen molar-refractivity contribution in [2.24, 2.45) is 0 Å². The van der Waals surface area contributed by atoms with Crippen molar-refractivity contribution in [3.05, 3.63) is 65.0 Å². The fourth-order valence-electron chi connectivity index (χ4n) is 3.67. The molecule has 1 aliphatic heterocycles. The summed E-state index contributed by atoms with van der Waals surface area (Å²) in [5, 5.41) is 1.11. The van der Waals surface area contributed by atoms with Gasteiger partial charge in [-0.1, -0.05) is 15.9 Å². The second-order valence-corrected chi connectivity index (χ2v) is 10.1. The minimum Gasteiger partial charge on any atom is -0.347 e. The highest BCUT2D eigenvalue weighted by atomic mass is 79.9. The van der Waals surface area contributed by atoms with Crippen LogP contribution in [0.25, 0.3) is 10.9 Å². The highest BCUT2D eigenvalue weighted by Crippen LogP contribution is 2.22. The molecule has 1 aromatic heterocycles. The maximum absolute atomic E-state index is 13.1. The van der Waals surface area contributed by atoms with Gasteiger partial charge in [0.25, 0.3) is 0 Å². The molecule has 30 heavy (non-hydrogen) atoms. The van der Waals surface area contributed by atoms with Crippen LogP contribution in [0.4, 0.5) is 4.39 Å². The number of carbonyl (C=O) groups is 1. The minimum atomic E-state index is -3.68. The molecule has 1 aliphatic rings. The summed E-state index contributed by atoms with van der Waals surface area (Å²) in [6.07, 6.45) is 2.32. The lowest BCUT2D eigenvalue weighted by atomic mass is 10.2. The van der Waals surface area contributed by atoms with E-state index in [1.807, 2.05) is 30.5 Å². The molecule has 1 saturated heterocycles. The molecule has 0 atom stereocenters. The SMILES string of the molecule is O=C(CCn1ccc2cc(Br)ccc21)N1CCN(S(=O)(=O)c2ccc(F)cc2)CC1. The largest absolute Gasteiger partial charge is 0.347 e. The lowest BCUT2D eigenvalue weighted by Crippen LogP contribution is -2.50. The lowest BCUT2D eigenvalue weighted by molar-refractivity contribution is -0.132. The van der Waals surface area contributed by atoms with E-state index >= 15 is 0 Å². The van der Waals surface area contributed by atoms with Crippen LogP contribution >= 0.6 is 15.9 Å². The van der Waals surface area contributed by atoms with Crippen molar-refractivity contribution in [2.75, 3.05) is 26.2 Å². The van der Waals surface area contributed by atoms with Gasteiger partial charge in [0.05, 0.1) is 4.90 Å². The molecule has 1 fully saturated rings. The number of aryl methyl sites for hydroxylation is 1. The highest BCUT2D eigenvalue weighted by Gasteiger charge is 2.30. The third-order valence-electron chi connectivity index (χ3n) is 5.34. The molecule has 0 radical (unpaired) electrons. The Bertz CT molecular complexity index is 1170. The van der Waals surface area contributed by atoms with Crippen molar-refractivity contribution in [3.63, 3.8) is 0 Å². The fraction of sp³-hybridized carbons (Fsp3) is 0.286. The van der Waals surface area contributed by atoms with Crippen molar-refractivity contribution in [3.8, 4) is 0 Å². The van der Waals surface area contributed by atoms with Gasteiger partial charge in [-0.3, -0.25) is 4.79 Å². The molecule has 0 unspecified atom stereocenters. The molecule has 4 rings (SSSR count). The Balaban J connectivity index is 1.34. The first-order valence-corrected chi connectivity index (χ1v) is 11.9. The van der Waals surface area contributed by atoms with Gasteiger partial charge in [-0.2, -0.15) is 4.31 Å². The molecule has 1 amide bonds. The number of hydrogen-bond acceptors (Lipinski definition) is 3. The molecule has 2 aromatic carbocycles. The van der Waals surface area contributed by atoms with E-state index in [1.54, 1.807) is 4.90 Å². The zero-order valence-corrected chi connectivity index (χ0v) is 18.6. The normalized spacial score (nSPS) is 15.6. The first-order valence-electron chi connectivity index (χ1n) is 9.62. The third-order valence-corrected chi connectivity index (χ3v) is 7.75. The van der Waals surface area contributed by atoms with Crippen LogP contribution in [-0.4, -0.2) is 54.3 Å². The molecule has 0 spiro atoms. The predicted octanol–water partition coefficient (Wildman–Crippen LogP) is 3.47. The van der Waals surface area contributed by atoms with Crippen molar-refractivity contribution in [2.45, 2.75) is 17.9 Å². The topological polar surface area (TPSA) is 62.6 Å². The van der Waals surface area contributed by atoms with Crippen LogP contribution in [0.15, 0.2) is 64.1 Å². The van der Waals surface area contributed by atoms with Crippen LogP contribution in [-0.2, 0) is 21.4 Å². The van der Waals surface area contributed by atoms with Gasteiger partial charge in [0.1, 0.15) is 5.82 Å². The highest BCUT2D eigenvalue weighted by molar-refractivity contribution is 9.10. The number of rotatable bonds is 5. The van der Waals surface area contributed by atoms with E-state index in [1.165, 1.54) is 16.4 Å². The quantitative estimate of drug-likeness (QED) is 0.546. The van der Waals surface area contributed by atoms with Gasteiger partial charge in [0, 0.05) is 60.7 Å². The number of halogens is 2. The van der Waals surface area contributed by atoms with Crippen LogP contribution in [0, 0.1) is 5.82 Å². The van der Waals surface area contributed by atoms with E-state index in [9.17, 15) is 17.6 Å². The Labute approximate surface area is 183 Å². The van der Waals surface area contributed by atoms with E-state index < -0.39 is 15.8 Å². The number of hydrogen-bond donors (Lipinski definition) is 0. The smallest absolute Gasteiger partial charge is 0.243 e. The standard InChI is InChI=1S/C21H21BrFN3O3S/c22-17-1-6-20-16(15-17)7-9-24(20)10-8-21(27)25-11-13-26(14-12-25)30(28,29)19-4-2-18(23)3-5-19/h1-7,9,15H,8,10-14H2. The number of piperazine rings is 1. The van der Waals surface area contributed by atoms with Gasteiger partial charge in [-0.05, 0) is 48.5 Å². The van der Waals surface area contributed by atoms with Crippen LogP contribution < -0.4 is 0 Å². The second kappa shape index (κ2) is 8.49. The first-order chi connectivity index (χ1) is 14.3. The van der Waals surface area contributed by atoms with Crippen LogP contribution in [0.2, 0.25) is 0 Å². The first kappa shape index (κ1) is 21.0. The van der Waals surface area contributed by atoms with Crippen LogP contribution in [0.1, 0.15) is 6.42 Å². The molecule has 6 nitrogen and oxygen atoms in total. The summed E-state index contributed by atoms with van der Waals surface area (Å²) in [7, 11) is -3.68. The monoisotopic (exact) mass is 493 g/mol. The minimum absolute atomic E-state index is 0.00721. The molecular weight excluding hydrogens is 473 g/mol. The molecular formula is C21H21BrFN3O3S. The molecule has 0 bridgehead atoms. The Hall–Kier alpha value is -2.23. The van der Waals surface area contributed by atoms with Gasteiger partial charge in [-0.15, -0.1) is 0 Å². The number of carbonyl (C=O) groups excluding carboxylic acids is 1. The van der Waals surface area contributed by atoms with Crippen LogP contribution in [0.5, 0.6) is 0 Å². The lowest BCUT2D eigenvalue weighted by Gasteiger charge is -2.34. The van der Waals surface area contributed by atoms with Gasteiger partial charge in [-0.25, -0.2) is 12.8 Å². The Morgan fingerprint density at radius 2 is 1.70 bits per heavy atom. The number of benzene rings is 2. The molecule has 158 valence electrons. The van der Waals surface area contributed by atoms with E-state index in [4.69, 9.17) is 0 Å². The summed E-state index contributed by atoms with van der Waals surface area (Å²) in [4.78, 5) is 14.4. The molecule has 0 saturated carbocycles. The maximum Gasteiger partial charge on any atom is 0.243 e. The summed E-state index contributed by atoms with van der Waals surface area (Å²) in [5.41, 5.74) is 1.07. The average Bonchev–Trinajstić information content (AvgIpc) is 3.14. The number of fused-ring (bicyclic) bond motifs is 1. The molecule has 9 heteroatoms. The van der Waals surface area contributed by atoms with Crippen molar-refractivity contribution in [1.29, 1.82) is 0 Å². The number of sulfonamides is 1. The van der Waals surface area contributed by atoms with E-state index in [2.05, 4.69) is 20.5 Å². The average molecular weight is 494 g/mol. The van der Waals surface area contributed by atoms with Crippen molar-refractivity contribution in [1.82, 2.24) is 13.8 Å². The van der Waals surface area contributed by atoms with Crippen molar-refractivity contribution < 1.29 is 17.6 Å². The predicted molar refractivity (Wildman–Crippen MR) is 116 cm³/mol. The zero-order chi connectivity index (χ0) is 21.3. The summed E-state index contributed by atoms with van der Waals surface area (Å²) >= 11 is 3.46. The zero-order valence-electron chi connectivity index (χ0n) is 16.2. The Kier molecular flexibility index (Phi) is 5.95. The van der Waals surface area contributed by atoms with Crippen LogP contribution in [0.3, 0.4) is 0 Å². The summed E-state index contributed by atoms with van der Waals surface area (Å²) in [6, 6.07) is 12.8. The summed E-state index contributed by atoms with van der Waals surface area (Å²) in [5.74, 6) is -0.472. The molecule has 2 heterocycles. The fourth-order valence-corrected chi connectivity index (χ4v) is 5.47. The van der Waals surface area contributed by atoms with Gasteiger partial charge >= 0.3 is 0 Å². The Morgan fingerprint density at radius 1 is 1.00 bits per heavy atom. The number of nitrogens with zero attached hydrogens (tertiary/aromatic N) is 3. The van der Waals surface area contributed by atoms with Crippen molar-refractivity contribution >= 4 is 42.8 Å². The molecule has 3 aromatic rings. The van der Waals surface area contributed by atoms with Gasteiger partial charge < -0.3 is 9.47 Å². The third kappa shape index (κ3) is 4.28. The number of aromatic nitrogens is 1. The van der Waals surface area contributed by atoms with Gasteiger partial charge in [0.2, 0.25) is 15.9 Å². The summed E-state index contributed by atoms with van der Waals surface area (Å²) in [6.45, 7) is 1.72. The molecule has 0 N–H and O–H groups in total. The van der Waals surface area contributed by atoms with E-state index in [-0.39, 0.29) is 23.9 Å². The molecule has 0 aliphatic carbocycles.